The maximum atomic E-state index is 11.8. The predicted molar refractivity (Wildman–Crippen MR) is 81.8 cm³/mol. The van der Waals surface area contributed by atoms with E-state index >= 15 is 0 Å². The summed E-state index contributed by atoms with van der Waals surface area (Å²) in [6.07, 6.45) is 0. The summed E-state index contributed by atoms with van der Waals surface area (Å²) >= 11 is 7.36. The fraction of sp³-hybridized carbons (Fsp3) is 0.308. The van der Waals surface area contributed by atoms with Crippen molar-refractivity contribution >= 4 is 34.0 Å². The molecule has 0 radical (unpaired) electrons. The topological polar surface area (TPSA) is 80.9 Å². The van der Waals surface area contributed by atoms with Gasteiger partial charge in [-0.2, -0.15) is 0 Å². The highest BCUT2D eigenvalue weighted by Crippen LogP contribution is 2.31. The van der Waals surface area contributed by atoms with Crippen LogP contribution in [0, 0.1) is 5.92 Å². The summed E-state index contributed by atoms with van der Waals surface area (Å²) in [6, 6.07) is 6.79. The van der Waals surface area contributed by atoms with E-state index in [-0.39, 0.29) is 11.8 Å². The van der Waals surface area contributed by atoms with Crippen molar-refractivity contribution in [2.24, 2.45) is 11.7 Å². The zero-order valence-corrected chi connectivity index (χ0v) is 12.7. The minimum atomic E-state index is -0.567. The summed E-state index contributed by atoms with van der Waals surface area (Å²) in [5.74, 6) is -0.201. The molecule has 1 aromatic carbocycles. The van der Waals surface area contributed by atoms with Crippen molar-refractivity contribution in [2.75, 3.05) is 5.32 Å². The lowest BCUT2D eigenvalue weighted by molar-refractivity contribution is -0.118. The fourth-order valence-corrected chi connectivity index (χ4v) is 2.58. The van der Waals surface area contributed by atoms with Gasteiger partial charge in [-0.05, 0) is 12.0 Å². The average Bonchev–Trinajstić information content (AvgIpc) is 2.86. The SMILES string of the molecule is CC(C)[C@H](N)C(=O)Nc1nnc(-c2ccccc2Cl)s1. The molecule has 3 N–H and O–H groups in total. The summed E-state index contributed by atoms with van der Waals surface area (Å²) in [5, 5.41) is 12.3. The monoisotopic (exact) mass is 310 g/mol. The molecule has 2 aromatic rings. The number of benzene rings is 1. The van der Waals surface area contributed by atoms with E-state index in [0.29, 0.717) is 15.2 Å². The van der Waals surface area contributed by atoms with Gasteiger partial charge in [-0.15, -0.1) is 10.2 Å². The van der Waals surface area contributed by atoms with Crippen LogP contribution in [-0.2, 0) is 4.79 Å². The average molecular weight is 311 g/mol. The molecule has 1 amide bonds. The van der Waals surface area contributed by atoms with Crippen LogP contribution < -0.4 is 11.1 Å². The van der Waals surface area contributed by atoms with Crippen molar-refractivity contribution < 1.29 is 4.79 Å². The number of carbonyl (C=O) groups excluding carboxylic acids is 1. The standard InChI is InChI=1S/C13H15ClN4OS/c1-7(2)10(15)11(19)16-13-18-17-12(20-13)8-5-3-4-6-9(8)14/h3-7,10H,15H2,1-2H3,(H,16,18,19)/t10-/m0/s1. The molecule has 1 aromatic heterocycles. The van der Waals surface area contributed by atoms with E-state index < -0.39 is 6.04 Å². The van der Waals surface area contributed by atoms with Gasteiger partial charge in [-0.25, -0.2) is 0 Å². The van der Waals surface area contributed by atoms with Crippen molar-refractivity contribution in [3.8, 4) is 10.6 Å². The maximum absolute atomic E-state index is 11.8. The molecule has 0 saturated heterocycles. The summed E-state index contributed by atoms with van der Waals surface area (Å²) < 4.78 is 0. The van der Waals surface area contributed by atoms with Gasteiger partial charge >= 0.3 is 0 Å². The molecule has 0 aliphatic heterocycles. The Hall–Kier alpha value is -1.50. The van der Waals surface area contributed by atoms with Crippen molar-refractivity contribution in [1.29, 1.82) is 0 Å². The molecule has 0 aliphatic rings. The third-order valence-electron chi connectivity index (χ3n) is 2.78. The van der Waals surface area contributed by atoms with E-state index in [1.165, 1.54) is 11.3 Å². The molecule has 0 saturated carbocycles. The van der Waals surface area contributed by atoms with E-state index in [4.69, 9.17) is 17.3 Å². The van der Waals surface area contributed by atoms with E-state index in [1.54, 1.807) is 6.07 Å². The Labute approximate surface area is 126 Å². The number of nitrogens with zero attached hydrogens (tertiary/aromatic N) is 2. The van der Waals surface area contributed by atoms with Gasteiger partial charge in [-0.1, -0.05) is 55.0 Å². The lowest BCUT2D eigenvalue weighted by Crippen LogP contribution is -2.39. The molecule has 2 rings (SSSR count). The van der Waals surface area contributed by atoms with Gasteiger partial charge in [0.1, 0.15) is 0 Å². The molecule has 0 aliphatic carbocycles. The second-order valence-electron chi connectivity index (χ2n) is 4.65. The van der Waals surface area contributed by atoms with E-state index in [9.17, 15) is 4.79 Å². The molecule has 5 nitrogen and oxygen atoms in total. The first-order valence-corrected chi connectivity index (χ1v) is 7.33. The second kappa shape index (κ2) is 6.30. The van der Waals surface area contributed by atoms with Crippen LogP contribution in [0.2, 0.25) is 5.02 Å². The fourth-order valence-electron chi connectivity index (χ4n) is 1.51. The molecule has 1 atom stereocenters. The number of carbonyl (C=O) groups is 1. The second-order valence-corrected chi connectivity index (χ2v) is 6.04. The van der Waals surface area contributed by atoms with Crippen molar-refractivity contribution in [2.45, 2.75) is 19.9 Å². The number of rotatable bonds is 4. The van der Waals surface area contributed by atoms with Gasteiger partial charge in [0.2, 0.25) is 11.0 Å². The highest BCUT2D eigenvalue weighted by atomic mass is 35.5. The van der Waals surface area contributed by atoms with Crippen molar-refractivity contribution in [1.82, 2.24) is 10.2 Å². The molecular formula is C13H15ClN4OS. The van der Waals surface area contributed by atoms with Crippen LogP contribution in [-0.4, -0.2) is 22.1 Å². The lowest BCUT2D eigenvalue weighted by Gasteiger charge is -2.13. The van der Waals surface area contributed by atoms with Gasteiger partial charge in [0.05, 0.1) is 11.1 Å². The number of nitrogens with two attached hydrogens (primary N) is 1. The third kappa shape index (κ3) is 3.33. The molecule has 0 fully saturated rings. The minimum absolute atomic E-state index is 0.0611. The minimum Gasteiger partial charge on any atom is -0.320 e. The maximum Gasteiger partial charge on any atom is 0.243 e. The molecule has 0 unspecified atom stereocenters. The number of amides is 1. The van der Waals surface area contributed by atoms with Crippen LogP contribution in [0.25, 0.3) is 10.6 Å². The number of hydrogen-bond acceptors (Lipinski definition) is 5. The Balaban J connectivity index is 2.14. The number of halogens is 1. The quantitative estimate of drug-likeness (QED) is 0.910. The lowest BCUT2D eigenvalue weighted by atomic mass is 10.1. The van der Waals surface area contributed by atoms with Crippen LogP contribution in [0.15, 0.2) is 24.3 Å². The van der Waals surface area contributed by atoms with E-state index in [1.807, 2.05) is 32.0 Å². The highest BCUT2D eigenvalue weighted by Gasteiger charge is 2.19. The zero-order valence-electron chi connectivity index (χ0n) is 11.1. The summed E-state index contributed by atoms with van der Waals surface area (Å²) in [7, 11) is 0. The molecule has 0 spiro atoms. The highest BCUT2D eigenvalue weighted by molar-refractivity contribution is 7.18. The molecule has 20 heavy (non-hydrogen) atoms. The van der Waals surface area contributed by atoms with Gasteiger partial charge in [0.15, 0.2) is 5.01 Å². The Morgan fingerprint density at radius 1 is 1.35 bits per heavy atom. The van der Waals surface area contributed by atoms with Crippen LogP contribution in [0.4, 0.5) is 5.13 Å². The summed E-state index contributed by atoms with van der Waals surface area (Å²) in [6.45, 7) is 3.78. The molecule has 1 heterocycles. The van der Waals surface area contributed by atoms with Crippen LogP contribution in [0.5, 0.6) is 0 Å². The van der Waals surface area contributed by atoms with Gasteiger partial charge < -0.3 is 5.73 Å². The van der Waals surface area contributed by atoms with Crippen LogP contribution in [0.3, 0.4) is 0 Å². The number of aromatic nitrogens is 2. The van der Waals surface area contributed by atoms with Gasteiger partial charge in [-0.3, -0.25) is 10.1 Å². The van der Waals surface area contributed by atoms with Crippen LogP contribution in [0.1, 0.15) is 13.8 Å². The summed E-state index contributed by atoms with van der Waals surface area (Å²) in [5.41, 5.74) is 6.57. The third-order valence-corrected chi connectivity index (χ3v) is 3.98. The summed E-state index contributed by atoms with van der Waals surface area (Å²) in [4.78, 5) is 11.8. The van der Waals surface area contributed by atoms with E-state index in [2.05, 4.69) is 15.5 Å². The molecule has 7 heteroatoms. The van der Waals surface area contributed by atoms with Gasteiger partial charge in [0, 0.05) is 5.56 Å². The predicted octanol–water partition coefficient (Wildman–Crippen LogP) is 2.78. The number of nitrogens with one attached hydrogen (secondary N) is 1. The zero-order chi connectivity index (χ0) is 14.7. The van der Waals surface area contributed by atoms with E-state index in [0.717, 1.165) is 5.56 Å². The molecule has 106 valence electrons. The first-order valence-electron chi connectivity index (χ1n) is 6.14. The largest absolute Gasteiger partial charge is 0.320 e. The van der Waals surface area contributed by atoms with Gasteiger partial charge in [0.25, 0.3) is 0 Å². The number of anilines is 1. The smallest absolute Gasteiger partial charge is 0.243 e. The Bertz CT molecular complexity index is 614. The Morgan fingerprint density at radius 2 is 2.05 bits per heavy atom. The number of hydrogen-bond donors (Lipinski definition) is 2. The van der Waals surface area contributed by atoms with Crippen molar-refractivity contribution in [3.05, 3.63) is 29.3 Å². The first kappa shape index (κ1) is 14.9. The first-order chi connectivity index (χ1) is 9.49. The normalized spacial score (nSPS) is 12.4. The Morgan fingerprint density at radius 3 is 2.70 bits per heavy atom. The van der Waals surface area contributed by atoms with Crippen molar-refractivity contribution in [3.63, 3.8) is 0 Å². The van der Waals surface area contributed by atoms with Crippen LogP contribution >= 0.6 is 22.9 Å². The molecule has 0 bridgehead atoms. The molecular weight excluding hydrogens is 296 g/mol. The Kier molecular flexibility index (Phi) is 4.69.